The third-order valence-electron chi connectivity index (χ3n) is 3.36. The zero-order valence-corrected chi connectivity index (χ0v) is 13.7. The summed E-state index contributed by atoms with van der Waals surface area (Å²) in [5.41, 5.74) is 5.61. The number of hydrogen-bond acceptors (Lipinski definition) is 4. The fourth-order valence-corrected chi connectivity index (χ4v) is 1.90. The Balaban J connectivity index is 0. The maximum atomic E-state index is 10.6. The van der Waals surface area contributed by atoms with Crippen molar-refractivity contribution in [2.75, 3.05) is 20.6 Å². The Hall–Kier alpha value is -1.56. The Morgan fingerprint density at radius 2 is 1.20 bits per heavy atom. The maximum Gasteiger partial charge on any atom is 0.490 e. The van der Waals surface area contributed by atoms with Crippen LogP contribution in [0.1, 0.15) is 25.7 Å². The van der Waals surface area contributed by atoms with E-state index < -0.39 is 24.3 Å². The minimum absolute atomic E-state index is 0.811. The molecule has 0 aromatic heterocycles. The third-order valence-corrected chi connectivity index (χ3v) is 3.36. The van der Waals surface area contributed by atoms with Crippen LogP contribution in [0.3, 0.4) is 0 Å². The summed E-state index contributed by atoms with van der Waals surface area (Å²) in [4.78, 5) is 20.1. The Kier molecular flexibility index (Phi) is 11.4. The predicted octanol–water partition coefficient (Wildman–Crippen LogP) is 2.33. The molecule has 1 rings (SSSR count). The van der Waals surface area contributed by atoms with E-state index in [1.54, 1.807) is 0 Å². The fourth-order valence-electron chi connectivity index (χ4n) is 1.90. The standard InChI is InChI=1S/C9H20N2.2C2HF3O2/c1-11(2)9-5-3-8(7-10)4-6-9;2*3-2(4,5)1(6)7/h8-9H,3-7,10H2,1-2H3;2*(H,6,7). The molecule has 0 spiro atoms. The van der Waals surface area contributed by atoms with Gasteiger partial charge >= 0.3 is 24.3 Å². The zero-order valence-electron chi connectivity index (χ0n) is 13.7. The molecule has 4 N–H and O–H groups in total. The second-order valence-corrected chi connectivity index (χ2v) is 5.48. The molecule has 0 radical (unpaired) electrons. The SMILES string of the molecule is CN(C)C1CCC(CN)CC1.O=C(O)C(F)(F)F.O=C(O)C(F)(F)F. The van der Waals surface area contributed by atoms with Crippen molar-refractivity contribution < 1.29 is 46.1 Å². The number of halogens is 6. The molecular formula is C13H22F6N2O4. The van der Waals surface area contributed by atoms with Gasteiger partial charge in [0.15, 0.2) is 0 Å². The first kappa shape index (κ1) is 25.7. The van der Waals surface area contributed by atoms with E-state index in [1.165, 1.54) is 25.7 Å². The normalized spacial score (nSPS) is 20.7. The third kappa shape index (κ3) is 13.4. The molecule has 0 unspecified atom stereocenters. The van der Waals surface area contributed by atoms with Gasteiger partial charge < -0.3 is 20.8 Å². The molecule has 0 aliphatic heterocycles. The van der Waals surface area contributed by atoms with Crippen molar-refractivity contribution in [3.05, 3.63) is 0 Å². The van der Waals surface area contributed by atoms with E-state index in [4.69, 9.17) is 25.5 Å². The number of alkyl halides is 6. The topological polar surface area (TPSA) is 104 Å². The van der Waals surface area contributed by atoms with Crippen molar-refractivity contribution in [3.8, 4) is 0 Å². The first-order valence-corrected chi connectivity index (χ1v) is 7.09. The Morgan fingerprint density at radius 3 is 1.36 bits per heavy atom. The molecule has 1 aliphatic rings. The lowest BCUT2D eigenvalue weighted by Crippen LogP contribution is -2.33. The molecule has 25 heavy (non-hydrogen) atoms. The highest BCUT2D eigenvalue weighted by atomic mass is 19.4. The molecule has 6 nitrogen and oxygen atoms in total. The molecule has 0 aromatic carbocycles. The van der Waals surface area contributed by atoms with Crippen LogP contribution in [0.4, 0.5) is 26.3 Å². The zero-order chi connectivity index (χ0) is 20.4. The van der Waals surface area contributed by atoms with Gasteiger partial charge in [0.05, 0.1) is 0 Å². The van der Waals surface area contributed by atoms with E-state index in [2.05, 4.69) is 19.0 Å². The van der Waals surface area contributed by atoms with Crippen LogP contribution in [0.2, 0.25) is 0 Å². The van der Waals surface area contributed by atoms with Gasteiger partial charge in [-0.2, -0.15) is 26.3 Å². The van der Waals surface area contributed by atoms with Gasteiger partial charge in [-0.05, 0) is 52.2 Å². The van der Waals surface area contributed by atoms with E-state index >= 15 is 0 Å². The van der Waals surface area contributed by atoms with E-state index in [-0.39, 0.29) is 0 Å². The van der Waals surface area contributed by atoms with Crippen LogP contribution in [0.5, 0.6) is 0 Å². The highest BCUT2D eigenvalue weighted by Crippen LogP contribution is 2.25. The minimum atomic E-state index is -5.08. The summed E-state index contributed by atoms with van der Waals surface area (Å²) in [6, 6.07) is 0.817. The molecule has 12 heteroatoms. The number of aliphatic carboxylic acids is 2. The fraction of sp³-hybridized carbons (Fsp3) is 0.846. The lowest BCUT2D eigenvalue weighted by molar-refractivity contribution is -0.193. The average molecular weight is 384 g/mol. The number of carboxylic acid groups (broad SMARTS) is 2. The molecule has 0 bridgehead atoms. The molecule has 0 amide bonds. The van der Waals surface area contributed by atoms with Gasteiger partial charge in [0.2, 0.25) is 0 Å². The number of rotatable bonds is 2. The van der Waals surface area contributed by atoms with E-state index in [1.807, 2.05) is 0 Å². The maximum absolute atomic E-state index is 10.6. The highest BCUT2D eigenvalue weighted by Gasteiger charge is 2.38. The van der Waals surface area contributed by atoms with E-state index in [0.29, 0.717) is 0 Å². The number of carboxylic acids is 2. The van der Waals surface area contributed by atoms with Gasteiger partial charge in [0, 0.05) is 6.04 Å². The average Bonchev–Trinajstić information content (AvgIpc) is 2.46. The molecule has 0 atom stereocenters. The largest absolute Gasteiger partial charge is 0.490 e. The second kappa shape index (κ2) is 11.1. The van der Waals surface area contributed by atoms with Gasteiger partial charge in [0.1, 0.15) is 0 Å². The molecule has 1 fully saturated rings. The minimum Gasteiger partial charge on any atom is -0.475 e. The number of hydrogen-bond donors (Lipinski definition) is 3. The van der Waals surface area contributed by atoms with Crippen LogP contribution in [0.25, 0.3) is 0 Å². The van der Waals surface area contributed by atoms with Crippen molar-refractivity contribution in [1.29, 1.82) is 0 Å². The summed E-state index contributed by atoms with van der Waals surface area (Å²) in [7, 11) is 4.35. The monoisotopic (exact) mass is 384 g/mol. The van der Waals surface area contributed by atoms with E-state index in [0.717, 1.165) is 18.5 Å². The quantitative estimate of drug-likeness (QED) is 0.632. The summed E-state index contributed by atoms with van der Waals surface area (Å²) in [6.07, 6.45) is -4.82. The van der Waals surface area contributed by atoms with Gasteiger partial charge in [-0.3, -0.25) is 0 Å². The van der Waals surface area contributed by atoms with Crippen molar-refractivity contribution in [1.82, 2.24) is 4.90 Å². The lowest BCUT2D eigenvalue weighted by Gasteiger charge is -2.31. The van der Waals surface area contributed by atoms with Gasteiger partial charge in [-0.25, -0.2) is 9.59 Å². The summed E-state index contributed by atoms with van der Waals surface area (Å²) in [5, 5.41) is 14.2. The second-order valence-electron chi connectivity index (χ2n) is 5.48. The van der Waals surface area contributed by atoms with Crippen LogP contribution in [-0.4, -0.2) is 66.1 Å². The van der Waals surface area contributed by atoms with Gasteiger partial charge in [0.25, 0.3) is 0 Å². The van der Waals surface area contributed by atoms with Crippen LogP contribution < -0.4 is 5.73 Å². The van der Waals surface area contributed by atoms with Crippen LogP contribution in [0, 0.1) is 5.92 Å². The highest BCUT2D eigenvalue weighted by molar-refractivity contribution is 5.73. The van der Waals surface area contributed by atoms with Crippen LogP contribution >= 0.6 is 0 Å². The van der Waals surface area contributed by atoms with Crippen molar-refractivity contribution >= 4 is 11.9 Å². The number of nitrogens with zero attached hydrogens (tertiary/aromatic N) is 1. The van der Waals surface area contributed by atoms with Crippen molar-refractivity contribution in [2.45, 2.75) is 44.1 Å². The smallest absolute Gasteiger partial charge is 0.475 e. The Labute approximate surface area is 140 Å². The molecule has 0 saturated heterocycles. The first-order valence-electron chi connectivity index (χ1n) is 7.09. The molecule has 150 valence electrons. The molecule has 0 aromatic rings. The van der Waals surface area contributed by atoms with Gasteiger partial charge in [-0.1, -0.05) is 0 Å². The predicted molar refractivity (Wildman–Crippen MR) is 75.9 cm³/mol. The summed E-state index contributed by atoms with van der Waals surface area (Å²) < 4.78 is 63.5. The summed E-state index contributed by atoms with van der Waals surface area (Å²) >= 11 is 0. The number of nitrogens with two attached hydrogens (primary N) is 1. The summed E-state index contributed by atoms with van der Waals surface area (Å²) in [6.45, 7) is 0.889. The molecule has 1 saturated carbocycles. The van der Waals surface area contributed by atoms with Crippen LogP contribution in [0.15, 0.2) is 0 Å². The van der Waals surface area contributed by atoms with E-state index in [9.17, 15) is 26.3 Å². The Morgan fingerprint density at radius 1 is 0.920 bits per heavy atom. The molecule has 1 aliphatic carbocycles. The summed E-state index contributed by atoms with van der Waals surface area (Å²) in [5.74, 6) is -4.70. The molecular weight excluding hydrogens is 362 g/mol. The Bertz CT molecular complexity index is 380. The van der Waals surface area contributed by atoms with Crippen molar-refractivity contribution in [3.63, 3.8) is 0 Å². The lowest BCUT2D eigenvalue weighted by atomic mass is 9.86. The van der Waals surface area contributed by atoms with Crippen LogP contribution in [-0.2, 0) is 9.59 Å². The first-order chi connectivity index (χ1) is 11.1. The molecule has 0 heterocycles. The number of carbonyl (C=O) groups is 2. The van der Waals surface area contributed by atoms with Crippen molar-refractivity contribution in [2.24, 2.45) is 11.7 Å². The van der Waals surface area contributed by atoms with Gasteiger partial charge in [-0.15, -0.1) is 0 Å².